The molecule has 1 heterocycles. The van der Waals surface area contributed by atoms with Crippen LogP contribution in [0, 0.1) is 13.8 Å². The Morgan fingerprint density at radius 3 is 2.41 bits per heavy atom. The molecule has 0 bridgehead atoms. The standard InChI is InChI=1S/C24H20Cl2N4OS/c1-15-12-16(2)22(20(26)13-15)27-21(31)14-32-24-29-28-23(17-8-10-18(25)11-9-17)30(24)19-6-4-3-5-7-19/h3-13H,14H2,1-2H3,(H,27,31). The monoisotopic (exact) mass is 482 g/mol. The van der Waals surface area contributed by atoms with Crippen molar-refractivity contribution in [2.24, 2.45) is 0 Å². The fraction of sp³-hybridized carbons (Fsp3) is 0.125. The summed E-state index contributed by atoms with van der Waals surface area (Å²) >= 11 is 13.7. The maximum atomic E-state index is 12.7. The molecule has 1 N–H and O–H groups in total. The van der Waals surface area contributed by atoms with Crippen molar-refractivity contribution in [3.63, 3.8) is 0 Å². The quantitative estimate of drug-likeness (QED) is 0.315. The van der Waals surface area contributed by atoms with Crippen LogP contribution in [0.3, 0.4) is 0 Å². The van der Waals surface area contributed by atoms with Gasteiger partial charge in [0.2, 0.25) is 5.91 Å². The number of nitrogens with one attached hydrogen (secondary N) is 1. The van der Waals surface area contributed by atoms with E-state index in [0.29, 0.717) is 26.7 Å². The van der Waals surface area contributed by atoms with Crippen LogP contribution in [0.1, 0.15) is 11.1 Å². The van der Waals surface area contributed by atoms with Gasteiger partial charge < -0.3 is 5.32 Å². The first-order chi connectivity index (χ1) is 15.4. The third-order valence-electron chi connectivity index (χ3n) is 4.78. The number of hydrogen-bond acceptors (Lipinski definition) is 4. The number of carbonyl (C=O) groups is 1. The van der Waals surface area contributed by atoms with Crippen molar-refractivity contribution in [3.8, 4) is 17.1 Å². The zero-order chi connectivity index (χ0) is 22.7. The summed E-state index contributed by atoms with van der Waals surface area (Å²) in [4.78, 5) is 12.7. The Hall–Kier alpha value is -2.80. The highest BCUT2D eigenvalue weighted by atomic mass is 35.5. The molecule has 32 heavy (non-hydrogen) atoms. The fourth-order valence-corrected chi connectivity index (χ4v) is 4.59. The molecule has 4 aromatic rings. The van der Waals surface area contributed by atoms with Crippen LogP contribution < -0.4 is 5.32 Å². The lowest BCUT2D eigenvalue weighted by Gasteiger charge is -2.12. The number of para-hydroxylation sites is 1. The van der Waals surface area contributed by atoms with Crippen LogP contribution in [0.5, 0.6) is 0 Å². The Kier molecular flexibility index (Phi) is 6.84. The largest absolute Gasteiger partial charge is 0.324 e. The zero-order valence-electron chi connectivity index (χ0n) is 17.5. The van der Waals surface area contributed by atoms with Crippen molar-refractivity contribution in [3.05, 3.63) is 87.9 Å². The second-order valence-corrected chi connectivity index (χ2v) is 9.05. The van der Waals surface area contributed by atoms with Crippen molar-refractivity contribution in [1.82, 2.24) is 14.8 Å². The number of carbonyl (C=O) groups excluding carboxylic acids is 1. The third-order valence-corrected chi connectivity index (χ3v) is 6.26. The Bertz CT molecular complexity index is 1230. The van der Waals surface area contributed by atoms with Gasteiger partial charge in [-0.2, -0.15) is 0 Å². The van der Waals surface area contributed by atoms with Crippen molar-refractivity contribution in [2.45, 2.75) is 19.0 Å². The van der Waals surface area contributed by atoms with Gasteiger partial charge in [0.15, 0.2) is 11.0 Å². The van der Waals surface area contributed by atoms with E-state index in [4.69, 9.17) is 23.2 Å². The Labute approximate surface area is 200 Å². The Balaban J connectivity index is 1.59. The van der Waals surface area contributed by atoms with Crippen LogP contribution in [0.4, 0.5) is 5.69 Å². The predicted octanol–water partition coefficient (Wildman–Crippen LogP) is 6.59. The van der Waals surface area contributed by atoms with Gasteiger partial charge in [-0.1, -0.05) is 59.2 Å². The van der Waals surface area contributed by atoms with E-state index in [0.717, 1.165) is 22.4 Å². The normalized spacial score (nSPS) is 10.9. The molecule has 162 valence electrons. The molecule has 0 spiro atoms. The molecule has 1 amide bonds. The lowest BCUT2D eigenvalue weighted by atomic mass is 10.1. The van der Waals surface area contributed by atoms with Crippen molar-refractivity contribution < 1.29 is 4.79 Å². The van der Waals surface area contributed by atoms with Gasteiger partial charge in [0.05, 0.1) is 16.5 Å². The van der Waals surface area contributed by atoms with E-state index < -0.39 is 0 Å². The number of aromatic nitrogens is 3. The van der Waals surface area contributed by atoms with Gasteiger partial charge in [0.1, 0.15) is 0 Å². The van der Waals surface area contributed by atoms with Gasteiger partial charge in [-0.05, 0) is 67.4 Å². The summed E-state index contributed by atoms with van der Waals surface area (Å²) in [6.07, 6.45) is 0. The summed E-state index contributed by atoms with van der Waals surface area (Å²) < 4.78 is 1.94. The molecule has 1 aromatic heterocycles. The molecule has 0 saturated carbocycles. The number of aryl methyl sites for hydroxylation is 2. The van der Waals surface area contributed by atoms with Gasteiger partial charge in [-0.15, -0.1) is 10.2 Å². The van der Waals surface area contributed by atoms with E-state index in [1.807, 2.05) is 85.1 Å². The van der Waals surface area contributed by atoms with Crippen molar-refractivity contribution in [2.75, 3.05) is 11.1 Å². The number of hydrogen-bond donors (Lipinski definition) is 1. The molecule has 0 radical (unpaired) electrons. The number of anilines is 1. The smallest absolute Gasteiger partial charge is 0.234 e. The number of amides is 1. The van der Waals surface area contributed by atoms with Crippen LogP contribution >= 0.6 is 35.0 Å². The Morgan fingerprint density at radius 1 is 1.00 bits per heavy atom. The molecule has 0 aliphatic rings. The lowest BCUT2D eigenvalue weighted by molar-refractivity contribution is -0.113. The van der Waals surface area contributed by atoms with Gasteiger partial charge >= 0.3 is 0 Å². The highest BCUT2D eigenvalue weighted by molar-refractivity contribution is 7.99. The van der Waals surface area contributed by atoms with Crippen LogP contribution in [0.25, 0.3) is 17.1 Å². The van der Waals surface area contributed by atoms with E-state index in [9.17, 15) is 4.79 Å². The summed E-state index contributed by atoms with van der Waals surface area (Å²) in [7, 11) is 0. The van der Waals surface area contributed by atoms with Crippen LogP contribution in [-0.2, 0) is 4.79 Å². The van der Waals surface area contributed by atoms with E-state index in [2.05, 4.69) is 15.5 Å². The summed E-state index contributed by atoms with van der Waals surface area (Å²) in [6.45, 7) is 3.89. The molecule has 4 rings (SSSR count). The zero-order valence-corrected chi connectivity index (χ0v) is 19.8. The summed E-state index contributed by atoms with van der Waals surface area (Å²) in [5.74, 6) is 0.669. The highest BCUT2D eigenvalue weighted by Gasteiger charge is 2.18. The minimum absolute atomic E-state index is 0.162. The molecule has 0 saturated heterocycles. The fourth-order valence-electron chi connectivity index (χ4n) is 3.34. The topological polar surface area (TPSA) is 59.8 Å². The second kappa shape index (κ2) is 9.77. The SMILES string of the molecule is Cc1cc(C)c(NC(=O)CSc2nnc(-c3ccc(Cl)cc3)n2-c2ccccc2)c(Cl)c1. The number of rotatable bonds is 6. The highest BCUT2D eigenvalue weighted by Crippen LogP contribution is 2.30. The molecule has 8 heteroatoms. The average Bonchev–Trinajstić information content (AvgIpc) is 3.20. The summed E-state index contributed by atoms with van der Waals surface area (Å²) in [6, 6.07) is 21.0. The number of thioether (sulfide) groups is 1. The van der Waals surface area contributed by atoms with Crippen molar-refractivity contribution in [1.29, 1.82) is 0 Å². The molecule has 0 unspecified atom stereocenters. The van der Waals surface area contributed by atoms with Crippen LogP contribution in [-0.4, -0.2) is 26.4 Å². The predicted molar refractivity (Wildman–Crippen MR) is 132 cm³/mol. The number of nitrogens with zero attached hydrogens (tertiary/aromatic N) is 3. The lowest BCUT2D eigenvalue weighted by Crippen LogP contribution is -2.16. The number of benzene rings is 3. The first-order valence-corrected chi connectivity index (χ1v) is 11.6. The molecule has 3 aromatic carbocycles. The maximum Gasteiger partial charge on any atom is 0.234 e. The molecular formula is C24H20Cl2N4OS. The Morgan fingerprint density at radius 2 is 1.72 bits per heavy atom. The van der Waals surface area contributed by atoms with Crippen LogP contribution in [0.2, 0.25) is 10.0 Å². The van der Waals surface area contributed by atoms with Crippen molar-refractivity contribution >= 4 is 46.6 Å². The minimum atomic E-state index is -0.167. The second-order valence-electron chi connectivity index (χ2n) is 7.26. The first-order valence-electron chi connectivity index (χ1n) is 9.88. The minimum Gasteiger partial charge on any atom is -0.324 e. The maximum absolute atomic E-state index is 12.7. The summed E-state index contributed by atoms with van der Waals surface area (Å²) in [5.41, 5.74) is 4.39. The first kappa shape index (κ1) is 22.4. The van der Waals surface area contributed by atoms with Gasteiger partial charge in [0.25, 0.3) is 0 Å². The molecule has 0 atom stereocenters. The van der Waals surface area contributed by atoms with E-state index in [1.165, 1.54) is 11.8 Å². The van der Waals surface area contributed by atoms with E-state index in [1.54, 1.807) is 0 Å². The van der Waals surface area contributed by atoms with E-state index >= 15 is 0 Å². The number of halogens is 2. The third kappa shape index (κ3) is 4.99. The van der Waals surface area contributed by atoms with Crippen LogP contribution in [0.15, 0.2) is 71.9 Å². The van der Waals surface area contributed by atoms with Gasteiger partial charge in [-0.3, -0.25) is 9.36 Å². The van der Waals surface area contributed by atoms with Gasteiger partial charge in [0, 0.05) is 16.3 Å². The average molecular weight is 483 g/mol. The molecule has 5 nitrogen and oxygen atoms in total. The molecule has 0 aliphatic heterocycles. The molecular weight excluding hydrogens is 463 g/mol. The molecule has 0 aliphatic carbocycles. The summed E-state index contributed by atoms with van der Waals surface area (Å²) in [5, 5.41) is 13.4. The van der Waals surface area contributed by atoms with E-state index in [-0.39, 0.29) is 11.7 Å². The van der Waals surface area contributed by atoms with Gasteiger partial charge in [-0.25, -0.2) is 0 Å². The molecule has 0 fully saturated rings.